The monoisotopic (exact) mass is 255 g/mol. The van der Waals surface area contributed by atoms with E-state index in [1.807, 2.05) is 20.2 Å². The Morgan fingerprint density at radius 3 is 2.72 bits per heavy atom. The van der Waals surface area contributed by atoms with Crippen LogP contribution in [0, 0.1) is 0 Å². The molecule has 0 radical (unpaired) electrons. The lowest BCUT2D eigenvalue weighted by Crippen LogP contribution is -2.27. The molecule has 2 unspecified atom stereocenters. The van der Waals surface area contributed by atoms with Crippen LogP contribution in [0.25, 0.3) is 0 Å². The third kappa shape index (κ3) is 5.16. The molecule has 0 spiro atoms. The molecule has 0 aliphatic carbocycles. The SMILES string of the molecule is CCCCOCCOC(c1cnn(C)c1)C(C)N. The normalized spacial score (nSPS) is 14.7. The van der Waals surface area contributed by atoms with Crippen LogP contribution in [0.15, 0.2) is 12.4 Å². The summed E-state index contributed by atoms with van der Waals surface area (Å²) in [6.45, 7) is 6.06. The molecule has 1 aromatic heterocycles. The highest BCUT2D eigenvalue weighted by Crippen LogP contribution is 2.19. The highest BCUT2D eigenvalue weighted by atomic mass is 16.5. The van der Waals surface area contributed by atoms with Crippen LogP contribution in [0.1, 0.15) is 38.4 Å². The maximum absolute atomic E-state index is 5.94. The van der Waals surface area contributed by atoms with E-state index in [0.29, 0.717) is 13.2 Å². The first-order chi connectivity index (χ1) is 8.65. The first-order valence-corrected chi connectivity index (χ1v) is 6.58. The largest absolute Gasteiger partial charge is 0.379 e. The second-order valence-electron chi connectivity index (χ2n) is 4.56. The number of nitrogens with zero attached hydrogens (tertiary/aromatic N) is 2. The van der Waals surface area contributed by atoms with E-state index in [1.54, 1.807) is 10.9 Å². The Bertz CT molecular complexity index is 326. The van der Waals surface area contributed by atoms with E-state index in [1.165, 1.54) is 0 Å². The van der Waals surface area contributed by atoms with Crippen molar-refractivity contribution in [3.8, 4) is 0 Å². The predicted octanol–water partition coefficient (Wildman–Crippen LogP) is 1.64. The summed E-state index contributed by atoms with van der Waals surface area (Å²) < 4.78 is 13.0. The average Bonchev–Trinajstić information content (AvgIpc) is 2.74. The van der Waals surface area contributed by atoms with E-state index in [0.717, 1.165) is 25.0 Å². The molecule has 0 saturated carbocycles. The minimum atomic E-state index is -0.117. The Morgan fingerprint density at radius 2 is 2.17 bits per heavy atom. The zero-order valence-corrected chi connectivity index (χ0v) is 11.6. The number of hydrogen-bond donors (Lipinski definition) is 1. The molecule has 5 heteroatoms. The van der Waals surface area contributed by atoms with E-state index < -0.39 is 0 Å². The maximum Gasteiger partial charge on any atom is 0.100 e. The molecule has 1 rings (SSSR count). The van der Waals surface area contributed by atoms with Gasteiger partial charge in [0.15, 0.2) is 0 Å². The zero-order valence-electron chi connectivity index (χ0n) is 11.6. The molecular formula is C13H25N3O2. The lowest BCUT2D eigenvalue weighted by atomic mass is 10.1. The molecule has 0 aromatic carbocycles. The predicted molar refractivity (Wildman–Crippen MR) is 71.3 cm³/mol. The van der Waals surface area contributed by atoms with Crippen molar-refractivity contribution < 1.29 is 9.47 Å². The van der Waals surface area contributed by atoms with Crippen LogP contribution in [-0.2, 0) is 16.5 Å². The van der Waals surface area contributed by atoms with E-state index >= 15 is 0 Å². The van der Waals surface area contributed by atoms with Crippen LogP contribution < -0.4 is 5.73 Å². The third-order valence-electron chi connectivity index (χ3n) is 2.70. The molecule has 104 valence electrons. The second-order valence-corrected chi connectivity index (χ2v) is 4.56. The summed E-state index contributed by atoms with van der Waals surface area (Å²) in [6, 6.07) is -0.0650. The van der Waals surface area contributed by atoms with Gasteiger partial charge >= 0.3 is 0 Å². The second kappa shape index (κ2) is 8.24. The topological polar surface area (TPSA) is 62.3 Å². The van der Waals surface area contributed by atoms with Gasteiger partial charge in [-0.1, -0.05) is 13.3 Å². The van der Waals surface area contributed by atoms with E-state index in [-0.39, 0.29) is 12.1 Å². The highest BCUT2D eigenvalue weighted by Gasteiger charge is 2.18. The Kier molecular flexibility index (Phi) is 6.93. The standard InChI is InChI=1S/C13H25N3O2/c1-4-5-6-17-7-8-18-13(11(2)14)12-9-15-16(3)10-12/h9-11,13H,4-8,14H2,1-3H3. The molecule has 0 saturated heterocycles. The molecular weight excluding hydrogens is 230 g/mol. The van der Waals surface area contributed by atoms with Crippen molar-refractivity contribution in [2.75, 3.05) is 19.8 Å². The number of rotatable bonds is 9. The maximum atomic E-state index is 5.94. The summed E-state index contributed by atoms with van der Waals surface area (Å²) in [5, 5.41) is 4.14. The first kappa shape index (κ1) is 15.1. The zero-order chi connectivity index (χ0) is 13.4. The van der Waals surface area contributed by atoms with Gasteiger partial charge in [0.25, 0.3) is 0 Å². The molecule has 1 aromatic rings. The smallest absolute Gasteiger partial charge is 0.100 e. The van der Waals surface area contributed by atoms with Crippen molar-refractivity contribution in [3.63, 3.8) is 0 Å². The van der Waals surface area contributed by atoms with E-state index in [4.69, 9.17) is 15.2 Å². The van der Waals surface area contributed by atoms with E-state index in [9.17, 15) is 0 Å². The van der Waals surface area contributed by atoms with Gasteiger partial charge in [0, 0.05) is 31.5 Å². The van der Waals surface area contributed by atoms with Gasteiger partial charge in [0.1, 0.15) is 6.10 Å². The third-order valence-corrected chi connectivity index (χ3v) is 2.70. The number of nitrogens with two attached hydrogens (primary N) is 1. The van der Waals surface area contributed by atoms with Crippen LogP contribution in [-0.4, -0.2) is 35.6 Å². The summed E-state index contributed by atoms with van der Waals surface area (Å²) in [5.41, 5.74) is 6.95. The molecule has 0 aliphatic rings. The van der Waals surface area contributed by atoms with Gasteiger partial charge in [-0.3, -0.25) is 4.68 Å². The Labute approximate surface area is 109 Å². The van der Waals surface area contributed by atoms with Gasteiger partial charge in [-0.15, -0.1) is 0 Å². The van der Waals surface area contributed by atoms with Crippen molar-refractivity contribution in [1.29, 1.82) is 0 Å². The van der Waals surface area contributed by atoms with Gasteiger partial charge in [-0.2, -0.15) is 5.10 Å². The van der Waals surface area contributed by atoms with Crippen LogP contribution in [0.5, 0.6) is 0 Å². The van der Waals surface area contributed by atoms with Crippen LogP contribution in [0.4, 0.5) is 0 Å². The van der Waals surface area contributed by atoms with Crippen molar-refractivity contribution in [2.45, 2.75) is 38.8 Å². The molecule has 0 bridgehead atoms. The number of ether oxygens (including phenoxy) is 2. The van der Waals surface area contributed by atoms with Crippen LogP contribution in [0.3, 0.4) is 0 Å². The van der Waals surface area contributed by atoms with Crippen molar-refractivity contribution in [1.82, 2.24) is 9.78 Å². The summed E-state index contributed by atoms with van der Waals surface area (Å²) >= 11 is 0. The number of aryl methyl sites for hydroxylation is 1. The number of hydrogen-bond acceptors (Lipinski definition) is 4. The fourth-order valence-corrected chi connectivity index (χ4v) is 1.72. The molecule has 0 aliphatic heterocycles. The average molecular weight is 255 g/mol. The van der Waals surface area contributed by atoms with Crippen LogP contribution >= 0.6 is 0 Å². The molecule has 0 fully saturated rings. The molecule has 18 heavy (non-hydrogen) atoms. The minimum absolute atomic E-state index is 0.0650. The molecule has 2 atom stereocenters. The Morgan fingerprint density at radius 1 is 1.39 bits per heavy atom. The summed E-state index contributed by atoms with van der Waals surface area (Å²) in [4.78, 5) is 0. The highest BCUT2D eigenvalue weighted by molar-refractivity contribution is 5.10. The van der Waals surface area contributed by atoms with Gasteiger partial charge in [0.05, 0.1) is 19.4 Å². The summed E-state index contributed by atoms with van der Waals surface area (Å²) in [6.07, 6.45) is 5.87. The summed E-state index contributed by atoms with van der Waals surface area (Å²) in [7, 11) is 1.88. The van der Waals surface area contributed by atoms with Crippen molar-refractivity contribution in [3.05, 3.63) is 18.0 Å². The Hall–Kier alpha value is -0.910. The number of aromatic nitrogens is 2. The quantitative estimate of drug-likeness (QED) is 0.681. The number of unbranched alkanes of at least 4 members (excludes halogenated alkanes) is 1. The van der Waals surface area contributed by atoms with Crippen molar-refractivity contribution >= 4 is 0 Å². The van der Waals surface area contributed by atoms with Gasteiger partial charge in [-0.25, -0.2) is 0 Å². The molecule has 2 N–H and O–H groups in total. The first-order valence-electron chi connectivity index (χ1n) is 6.58. The van der Waals surface area contributed by atoms with Gasteiger partial charge < -0.3 is 15.2 Å². The summed E-state index contributed by atoms with van der Waals surface area (Å²) in [5.74, 6) is 0. The fourth-order valence-electron chi connectivity index (χ4n) is 1.72. The lowest BCUT2D eigenvalue weighted by molar-refractivity contribution is -0.00531. The molecule has 0 amide bonds. The van der Waals surface area contributed by atoms with E-state index in [2.05, 4.69) is 12.0 Å². The fraction of sp³-hybridized carbons (Fsp3) is 0.769. The van der Waals surface area contributed by atoms with Gasteiger partial charge in [0.2, 0.25) is 0 Å². The lowest BCUT2D eigenvalue weighted by Gasteiger charge is -2.20. The molecule has 5 nitrogen and oxygen atoms in total. The van der Waals surface area contributed by atoms with Crippen molar-refractivity contribution in [2.24, 2.45) is 12.8 Å². The molecule has 1 heterocycles. The Balaban J connectivity index is 2.31. The minimum Gasteiger partial charge on any atom is -0.379 e. The van der Waals surface area contributed by atoms with Gasteiger partial charge in [-0.05, 0) is 13.3 Å². The van der Waals surface area contributed by atoms with Crippen LogP contribution in [0.2, 0.25) is 0 Å².